The highest BCUT2D eigenvalue weighted by Crippen LogP contribution is 2.38. The molecule has 0 atom stereocenters. The molecule has 1 aliphatic carbocycles. The third-order valence-corrected chi connectivity index (χ3v) is 1.74. The maximum absolute atomic E-state index is 12.1. The Kier molecular flexibility index (Phi) is 3.01. The van der Waals surface area contributed by atoms with Crippen molar-refractivity contribution in [2.75, 3.05) is 0 Å². The van der Waals surface area contributed by atoms with Crippen LogP contribution in [0, 0.1) is 0 Å². The van der Waals surface area contributed by atoms with E-state index in [2.05, 4.69) is 0 Å². The molecule has 15 heavy (non-hydrogen) atoms. The molecule has 0 N–H and O–H groups in total. The highest BCUT2D eigenvalue weighted by atomic mass is 19.4. The lowest BCUT2D eigenvalue weighted by atomic mass is 10.1. The molecule has 0 unspecified atom stereocenters. The predicted molar refractivity (Wildman–Crippen MR) is 40.4 cm³/mol. The second-order valence-corrected chi connectivity index (χ2v) is 2.88. The van der Waals surface area contributed by atoms with E-state index in [0.717, 1.165) is 12.2 Å². The summed E-state index contributed by atoms with van der Waals surface area (Å²) in [5, 5.41) is 0. The van der Waals surface area contributed by atoms with Gasteiger partial charge in [-0.05, 0) is 18.9 Å². The Hall–Kier alpha value is -1.14. The molecular weight excluding hydrogens is 224 g/mol. The molecule has 0 amide bonds. The van der Waals surface area contributed by atoms with E-state index in [1.165, 1.54) is 6.08 Å². The monoisotopic (exact) mass is 231 g/mol. The zero-order valence-corrected chi connectivity index (χ0v) is 7.36. The van der Waals surface area contributed by atoms with Gasteiger partial charge < -0.3 is 0 Å². The molecule has 1 aliphatic rings. The fourth-order valence-electron chi connectivity index (χ4n) is 1.20. The second-order valence-electron chi connectivity index (χ2n) is 2.88. The summed E-state index contributed by atoms with van der Waals surface area (Å²) in [6.45, 7) is 0. The molecule has 0 aliphatic heterocycles. The fraction of sp³-hybridized carbons (Fsp3) is 0.500. The van der Waals surface area contributed by atoms with Crippen LogP contribution in [0.2, 0.25) is 0 Å². The molecule has 0 saturated carbocycles. The number of hydrogen-bond donors (Lipinski definition) is 0. The van der Waals surface area contributed by atoms with Crippen LogP contribution < -0.4 is 0 Å². The Morgan fingerprint density at radius 3 is 1.80 bits per heavy atom. The SMILES string of the molecule is FC(F)(F)N(C1=CCCC=C1)C(F)(F)F. The first-order valence-electron chi connectivity index (χ1n) is 4.03. The largest absolute Gasteiger partial charge is 0.491 e. The Morgan fingerprint density at radius 1 is 0.933 bits per heavy atom. The van der Waals surface area contributed by atoms with E-state index in [9.17, 15) is 26.3 Å². The van der Waals surface area contributed by atoms with Gasteiger partial charge in [0, 0.05) is 5.70 Å². The number of hydrogen-bond acceptors (Lipinski definition) is 1. The van der Waals surface area contributed by atoms with Gasteiger partial charge in [0.25, 0.3) is 0 Å². The van der Waals surface area contributed by atoms with Gasteiger partial charge in [0.2, 0.25) is 0 Å². The molecule has 0 saturated heterocycles. The van der Waals surface area contributed by atoms with Crippen LogP contribution in [-0.4, -0.2) is 17.5 Å². The minimum absolute atomic E-state index is 0.175. The number of nitrogens with zero attached hydrogens (tertiary/aromatic N) is 1. The van der Waals surface area contributed by atoms with Crippen molar-refractivity contribution in [3.63, 3.8) is 0 Å². The van der Waals surface area contributed by atoms with Crippen LogP contribution in [0.15, 0.2) is 23.9 Å². The predicted octanol–water partition coefficient (Wildman–Crippen LogP) is 3.56. The normalized spacial score (nSPS) is 17.6. The Morgan fingerprint density at radius 2 is 1.47 bits per heavy atom. The van der Waals surface area contributed by atoms with Crippen LogP contribution in [0.1, 0.15) is 12.8 Å². The van der Waals surface area contributed by atoms with E-state index in [1.54, 1.807) is 0 Å². The van der Waals surface area contributed by atoms with Crippen LogP contribution in [-0.2, 0) is 0 Å². The molecular formula is C8H7F6N. The van der Waals surface area contributed by atoms with Crippen LogP contribution in [0.4, 0.5) is 26.3 Å². The molecule has 7 heteroatoms. The van der Waals surface area contributed by atoms with Gasteiger partial charge in [-0.15, -0.1) is 26.3 Å². The lowest BCUT2D eigenvalue weighted by molar-refractivity contribution is -0.357. The summed E-state index contributed by atoms with van der Waals surface area (Å²) in [4.78, 5) is -1.49. The molecule has 1 nitrogen and oxygen atoms in total. The van der Waals surface area contributed by atoms with Gasteiger partial charge in [-0.2, -0.15) is 4.90 Å². The van der Waals surface area contributed by atoms with E-state index in [1.807, 2.05) is 0 Å². The van der Waals surface area contributed by atoms with Gasteiger partial charge >= 0.3 is 12.6 Å². The topological polar surface area (TPSA) is 3.24 Å². The van der Waals surface area contributed by atoms with Gasteiger partial charge in [-0.3, -0.25) is 0 Å². The van der Waals surface area contributed by atoms with Crippen LogP contribution in [0.25, 0.3) is 0 Å². The van der Waals surface area contributed by atoms with E-state index in [-0.39, 0.29) is 6.42 Å². The van der Waals surface area contributed by atoms with Crippen molar-refractivity contribution in [1.82, 2.24) is 4.90 Å². The zero-order valence-electron chi connectivity index (χ0n) is 7.36. The van der Waals surface area contributed by atoms with Crippen LogP contribution in [0.3, 0.4) is 0 Å². The smallest absolute Gasteiger partial charge is 0.194 e. The third kappa shape index (κ3) is 2.90. The molecule has 0 aromatic carbocycles. The van der Waals surface area contributed by atoms with E-state index >= 15 is 0 Å². The van der Waals surface area contributed by atoms with E-state index in [4.69, 9.17) is 0 Å². The van der Waals surface area contributed by atoms with Crippen molar-refractivity contribution in [2.45, 2.75) is 25.4 Å². The van der Waals surface area contributed by atoms with Crippen LogP contribution >= 0.6 is 0 Å². The minimum atomic E-state index is -5.45. The molecule has 0 aromatic rings. The Bertz CT molecular complexity index is 270. The maximum Gasteiger partial charge on any atom is 0.491 e. The molecule has 1 rings (SSSR count). The van der Waals surface area contributed by atoms with E-state index in [0.29, 0.717) is 6.42 Å². The summed E-state index contributed by atoms with van der Waals surface area (Å²) < 4.78 is 72.8. The number of halogens is 6. The van der Waals surface area contributed by atoms with Gasteiger partial charge in [-0.1, -0.05) is 12.2 Å². The number of rotatable bonds is 1. The summed E-state index contributed by atoms with van der Waals surface area (Å²) in [5.74, 6) is 0. The van der Waals surface area contributed by atoms with Crippen molar-refractivity contribution >= 4 is 0 Å². The van der Waals surface area contributed by atoms with Gasteiger partial charge in [0.1, 0.15) is 0 Å². The lowest BCUT2D eigenvalue weighted by Crippen LogP contribution is -2.46. The quantitative estimate of drug-likeness (QED) is 0.492. The molecule has 0 bridgehead atoms. The highest BCUT2D eigenvalue weighted by Gasteiger charge is 2.54. The van der Waals surface area contributed by atoms with Crippen molar-refractivity contribution < 1.29 is 26.3 Å². The van der Waals surface area contributed by atoms with Crippen molar-refractivity contribution in [3.8, 4) is 0 Å². The van der Waals surface area contributed by atoms with Crippen molar-refractivity contribution in [3.05, 3.63) is 23.9 Å². The summed E-state index contributed by atoms with van der Waals surface area (Å²) >= 11 is 0. The van der Waals surface area contributed by atoms with Gasteiger partial charge in [-0.25, -0.2) is 0 Å². The van der Waals surface area contributed by atoms with Gasteiger partial charge in [0.05, 0.1) is 0 Å². The van der Waals surface area contributed by atoms with Crippen LogP contribution in [0.5, 0.6) is 0 Å². The van der Waals surface area contributed by atoms with E-state index < -0.39 is 23.2 Å². The molecule has 0 spiro atoms. The highest BCUT2D eigenvalue weighted by molar-refractivity contribution is 5.22. The van der Waals surface area contributed by atoms with Crippen molar-refractivity contribution in [2.24, 2.45) is 0 Å². The number of allylic oxidation sites excluding steroid dienone is 3. The maximum atomic E-state index is 12.1. The molecule has 0 heterocycles. The summed E-state index contributed by atoms with van der Waals surface area (Å²) in [7, 11) is 0. The standard InChI is InChI=1S/C8H7F6N/c9-7(10,11)15(8(12,13)14)6-4-2-1-3-5-6/h2,4-5H,1,3H2. The van der Waals surface area contributed by atoms with Crippen molar-refractivity contribution in [1.29, 1.82) is 0 Å². The van der Waals surface area contributed by atoms with Gasteiger partial charge in [0.15, 0.2) is 0 Å². The average molecular weight is 231 g/mol. The molecule has 0 radical (unpaired) electrons. The molecule has 0 fully saturated rings. The molecule has 0 aromatic heterocycles. The Balaban J connectivity index is 3.02. The second kappa shape index (κ2) is 3.79. The molecule has 86 valence electrons. The zero-order chi connectivity index (χ0) is 11.7. The minimum Gasteiger partial charge on any atom is -0.194 e. The third-order valence-electron chi connectivity index (χ3n) is 1.74. The first-order valence-corrected chi connectivity index (χ1v) is 4.03. The fourth-order valence-corrected chi connectivity index (χ4v) is 1.20. The number of alkyl halides is 6. The first kappa shape index (κ1) is 11.9. The summed E-state index contributed by atoms with van der Waals surface area (Å²) in [6.07, 6.45) is -7.26. The Labute approximate surface area is 81.7 Å². The first-order chi connectivity index (χ1) is 6.73. The average Bonchev–Trinajstić information content (AvgIpc) is 2.00. The summed E-state index contributed by atoms with van der Waals surface area (Å²) in [5.41, 5.74) is -0.874. The lowest BCUT2D eigenvalue weighted by Gasteiger charge is -2.30. The summed E-state index contributed by atoms with van der Waals surface area (Å²) in [6, 6.07) is 0.